The van der Waals surface area contributed by atoms with Crippen LogP contribution in [-0.2, 0) is 33.9 Å². The number of carboxylic acids is 2. The van der Waals surface area contributed by atoms with E-state index in [4.69, 9.17) is 38.0 Å². The predicted molar refractivity (Wildman–Crippen MR) is 205 cm³/mol. The molecule has 3 amide bonds. The largest absolute Gasteiger partial charge is 0.481 e. The number of carbonyl (C=O) groups is 6. The third-order valence-electron chi connectivity index (χ3n) is 8.76. The number of hydrogen-bond donors (Lipinski definition) is 8. The summed E-state index contributed by atoms with van der Waals surface area (Å²) in [5, 5.41) is 25.0. The molecule has 2 aliphatic heterocycles. The fraction of sp³-hybridized carbons (Fsp3) is 0.529. The number of nitrogen functional groups attached to an aromatic ring is 2. The van der Waals surface area contributed by atoms with Crippen LogP contribution in [0.3, 0.4) is 0 Å². The van der Waals surface area contributed by atoms with Crippen LogP contribution >= 0.6 is 11.6 Å². The molecule has 0 aliphatic carbocycles. The Bertz CT molecular complexity index is 1870. The number of carboxylic acid groups (broad SMARTS) is 2. The average molecular weight is 841 g/mol. The van der Waals surface area contributed by atoms with Crippen LogP contribution in [0.25, 0.3) is 0 Å². The van der Waals surface area contributed by atoms with E-state index < -0.39 is 52.3 Å². The zero-order valence-electron chi connectivity index (χ0n) is 31.6. The van der Waals surface area contributed by atoms with Crippen molar-refractivity contribution in [2.75, 3.05) is 57.3 Å². The molecule has 1 aromatic heterocycles. The van der Waals surface area contributed by atoms with E-state index in [2.05, 4.69) is 30.6 Å². The van der Waals surface area contributed by atoms with E-state index in [0.717, 1.165) is 12.8 Å². The number of amides is 3. The monoisotopic (exact) mass is 840 g/mol. The number of nitrogens with two attached hydrogens (primary N) is 2. The first-order chi connectivity index (χ1) is 26.9. The van der Waals surface area contributed by atoms with E-state index in [1.165, 1.54) is 18.2 Å². The fourth-order valence-corrected chi connectivity index (χ4v) is 7.03. The zero-order valence-corrected chi connectivity index (χ0v) is 33.2. The Labute approximate surface area is 334 Å². The molecule has 1 aromatic carbocycles. The third-order valence-corrected chi connectivity index (χ3v) is 10.5. The second kappa shape index (κ2) is 21.4. The molecule has 2 aliphatic rings. The lowest BCUT2D eigenvalue weighted by molar-refractivity contribution is -0.152. The standard InChI is InChI=1S/C30H43ClN10O7S.C4H6O4/c1-3-12-40(13-4-2)21(42)17-48-22(43)8-11-35-49(46,47)20-7-5-6-19(16-20)28(45)41-14-9-30(10-15-41)18-34-29(39-30)38-27(44)23-25(32)37-26(33)24(31)36-23;5-3(6)1-2-4(7)8/h5-7,16,29,34-35,39H,3-4,8-15,17-18H2,1-2H3,(H,38,44)(H4,32,33,37);1-2H2,(H,5,6)(H,7,8). The van der Waals surface area contributed by atoms with Gasteiger partial charge in [-0.15, -0.1) is 0 Å². The van der Waals surface area contributed by atoms with Gasteiger partial charge in [-0.3, -0.25) is 39.4 Å². The normalized spacial score (nSPS) is 15.9. The van der Waals surface area contributed by atoms with Crippen LogP contribution in [0.5, 0.6) is 0 Å². The van der Waals surface area contributed by atoms with Gasteiger partial charge in [-0.05, 0) is 43.9 Å². The van der Waals surface area contributed by atoms with Crippen molar-refractivity contribution in [1.82, 2.24) is 40.4 Å². The van der Waals surface area contributed by atoms with Crippen molar-refractivity contribution in [3.63, 3.8) is 0 Å². The highest BCUT2D eigenvalue weighted by molar-refractivity contribution is 7.89. The molecule has 2 saturated heterocycles. The zero-order chi connectivity index (χ0) is 42.3. The van der Waals surface area contributed by atoms with Gasteiger partial charge in [-0.1, -0.05) is 31.5 Å². The Morgan fingerprint density at radius 3 is 2.23 bits per heavy atom. The molecule has 1 unspecified atom stereocenters. The second-order valence-electron chi connectivity index (χ2n) is 13.1. The van der Waals surface area contributed by atoms with Gasteiger partial charge in [-0.25, -0.2) is 23.1 Å². The summed E-state index contributed by atoms with van der Waals surface area (Å²) in [6.45, 7) is 5.67. The number of nitrogens with one attached hydrogen (secondary N) is 4. The summed E-state index contributed by atoms with van der Waals surface area (Å²) < 4.78 is 33.3. The smallest absolute Gasteiger partial charge is 0.307 e. The molecule has 1 spiro atoms. The van der Waals surface area contributed by atoms with Gasteiger partial charge >= 0.3 is 17.9 Å². The van der Waals surface area contributed by atoms with Crippen LogP contribution in [0, 0.1) is 0 Å². The highest BCUT2D eigenvalue weighted by Gasteiger charge is 2.42. The maximum atomic E-state index is 13.4. The number of aliphatic carboxylic acids is 2. The Hall–Kier alpha value is -5.16. The van der Waals surface area contributed by atoms with E-state index in [-0.39, 0.29) is 70.6 Å². The first kappa shape index (κ1) is 46.2. The molecule has 2 fully saturated rings. The molecule has 23 heteroatoms. The maximum Gasteiger partial charge on any atom is 0.307 e. The minimum absolute atomic E-state index is 0.0833. The summed E-state index contributed by atoms with van der Waals surface area (Å²) >= 11 is 5.89. The highest BCUT2D eigenvalue weighted by atomic mass is 35.5. The number of ether oxygens (including phenoxy) is 1. The fourth-order valence-electron chi connectivity index (χ4n) is 5.83. The Morgan fingerprint density at radius 2 is 1.63 bits per heavy atom. The van der Waals surface area contributed by atoms with Crippen molar-refractivity contribution in [1.29, 1.82) is 0 Å². The minimum Gasteiger partial charge on any atom is -0.481 e. The molecule has 1 atom stereocenters. The summed E-state index contributed by atoms with van der Waals surface area (Å²) in [4.78, 5) is 80.7. The van der Waals surface area contributed by atoms with Crippen LogP contribution < -0.4 is 32.1 Å². The van der Waals surface area contributed by atoms with Crippen molar-refractivity contribution in [2.24, 2.45) is 0 Å². The summed E-state index contributed by atoms with van der Waals surface area (Å²) in [5.74, 6) is -4.32. The molecule has 0 saturated carbocycles. The molecule has 2 aromatic rings. The summed E-state index contributed by atoms with van der Waals surface area (Å²) in [6.07, 6.45) is 1.21. The van der Waals surface area contributed by atoms with Crippen LogP contribution in [0.4, 0.5) is 11.6 Å². The van der Waals surface area contributed by atoms with Gasteiger partial charge in [0, 0.05) is 50.4 Å². The quantitative estimate of drug-likeness (QED) is 0.0970. The SMILES string of the molecule is CCCN(CCC)C(=O)COC(=O)CCNS(=O)(=O)c1cccc(C(=O)N2CCC3(CC2)CNC(NC(=O)c2nc(Cl)c(N)nc2N)N3)c1.O=C(O)CCC(=O)O. The van der Waals surface area contributed by atoms with Gasteiger partial charge in [0.1, 0.15) is 6.29 Å². The van der Waals surface area contributed by atoms with E-state index in [9.17, 15) is 37.2 Å². The molecular formula is C34H49ClN10O11S. The first-order valence-corrected chi connectivity index (χ1v) is 19.9. The molecule has 0 radical (unpaired) electrons. The number of halogens is 1. The molecule has 3 heterocycles. The van der Waals surface area contributed by atoms with E-state index in [1.54, 1.807) is 15.9 Å². The summed E-state index contributed by atoms with van der Waals surface area (Å²) in [5.41, 5.74) is 11.0. The molecular weight excluding hydrogens is 792 g/mol. The number of esters is 1. The van der Waals surface area contributed by atoms with Crippen molar-refractivity contribution in [3.05, 3.63) is 40.7 Å². The molecule has 4 rings (SSSR count). The molecule has 0 bridgehead atoms. The van der Waals surface area contributed by atoms with Gasteiger partial charge in [0.05, 0.1) is 24.2 Å². The average Bonchev–Trinajstić information content (AvgIpc) is 3.55. The van der Waals surface area contributed by atoms with Crippen LogP contribution in [0.15, 0.2) is 29.2 Å². The minimum atomic E-state index is -4.05. The number of benzene rings is 1. The Morgan fingerprint density at radius 1 is 1.00 bits per heavy atom. The van der Waals surface area contributed by atoms with Crippen molar-refractivity contribution >= 4 is 68.9 Å². The van der Waals surface area contributed by atoms with Crippen molar-refractivity contribution in [3.8, 4) is 0 Å². The van der Waals surface area contributed by atoms with E-state index >= 15 is 0 Å². The van der Waals surface area contributed by atoms with Crippen LogP contribution in [0.2, 0.25) is 5.15 Å². The topological polar surface area (TPSA) is 319 Å². The number of nitrogens with zero attached hydrogens (tertiary/aromatic N) is 4. The number of likely N-dealkylation sites (tertiary alicyclic amines) is 1. The number of anilines is 2. The van der Waals surface area contributed by atoms with Gasteiger partial charge in [0.2, 0.25) is 10.0 Å². The van der Waals surface area contributed by atoms with Crippen LogP contribution in [0.1, 0.15) is 79.6 Å². The lowest BCUT2D eigenvalue weighted by Gasteiger charge is -2.39. The second-order valence-corrected chi connectivity index (χ2v) is 15.3. The predicted octanol–water partition coefficient (Wildman–Crippen LogP) is -0.0284. The summed E-state index contributed by atoms with van der Waals surface area (Å²) in [6, 6.07) is 5.67. The number of piperidine rings is 1. The number of aromatic nitrogens is 2. The van der Waals surface area contributed by atoms with Gasteiger partial charge in [0.25, 0.3) is 17.7 Å². The summed E-state index contributed by atoms with van der Waals surface area (Å²) in [7, 11) is -4.05. The van der Waals surface area contributed by atoms with E-state index in [1.807, 2.05) is 13.8 Å². The van der Waals surface area contributed by atoms with Crippen molar-refractivity contribution < 1.29 is 52.1 Å². The lowest BCUT2D eigenvalue weighted by Crippen LogP contribution is -2.57. The Kier molecular flexibility index (Phi) is 17.3. The van der Waals surface area contributed by atoms with Gasteiger partial charge in [-0.2, -0.15) is 0 Å². The number of sulfonamides is 1. The number of carbonyl (C=O) groups excluding carboxylic acids is 4. The maximum absolute atomic E-state index is 13.4. The molecule has 21 nitrogen and oxygen atoms in total. The van der Waals surface area contributed by atoms with Gasteiger partial charge < -0.3 is 41.5 Å². The van der Waals surface area contributed by atoms with Crippen molar-refractivity contribution in [2.45, 2.75) is 75.5 Å². The first-order valence-electron chi connectivity index (χ1n) is 18.1. The van der Waals surface area contributed by atoms with Crippen LogP contribution in [-0.4, -0.2) is 132 Å². The lowest BCUT2D eigenvalue weighted by atomic mass is 9.88. The Balaban J connectivity index is 0.000000980. The highest BCUT2D eigenvalue weighted by Crippen LogP contribution is 2.27. The molecule has 314 valence electrons. The van der Waals surface area contributed by atoms with Gasteiger partial charge in [0.15, 0.2) is 29.1 Å². The third kappa shape index (κ3) is 14.1. The molecule has 10 N–H and O–H groups in total. The van der Waals surface area contributed by atoms with E-state index in [0.29, 0.717) is 45.6 Å². The molecule has 57 heavy (non-hydrogen) atoms. The number of hydrogen-bond acceptors (Lipinski definition) is 15. The number of rotatable bonds is 17.